The van der Waals surface area contributed by atoms with Gasteiger partial charge in [0.15, 0.2) is 16.4 Å². The third-order valence-electron chi connectivity index (χ3n) is 4.76. The number of carbonyl (C=O) groups is 2. The summed E-state index contributed by atoms with van der Waals surface area (Å²) in [6, 6.07) is 1.81. The van der Waals surface area contributed by atoms with Crippen LogP contribution in [-0.4, -0.2) is 81.1 Å². The Bertz CT molecular complexity index is 770. The third-order valence-corrected chi connectivity index (χ3v) is 6.37. The van der Waals surface area contributed by atoms with Crippen LogP contribution in [-0.2, 0) is 30.7 Å². The topological polar surface area (TPSA) is 94.9 Å². The number of ether oxygens (including phenoxy) is 2. The van der Waals surface area contributed by atoms with Crippen LogP contribution in [0.2, 0.25) is 0 Å². The Morgan fingerprint density at radius 3 is 2.48 bits per heavy atom. The Kier molecular flexibility index (Phi) is 7.58. The fourth-order valence-electron chi connectivity index (χ4n) is 3.15. The van der Waals surface area contributed by atoms with Crippen molar-refractivity contribution in [1.29, 1.82) is 0 Å². The number of sulfone groups is 1. The number of hydrogen-bond acceptors (Lipinski definition) is 7. The number of esters is 1. The summed E-state index contributed by atoms with van der Waals surface area (Å²) in [6.45, 7) is 5.54. The molecule has 2 rings (SSSR count). The van der Waals surface area contributed by atoms with E-state index in [-0.39, 0.29) is 30.4 Å². The van der Waals surface area contributed by atoms with Crippen molar-refractivity contribution in [2.24, 2.45) is 0 Å². The second-order valence-electron chi connectivity index (χ2n) is 6.79. The van der Waals surface area contributed by atoms with Crippen LogP contribution in [0.15, 0.2) is 6.07 Å². The smallest absolute Gasteiger partial charge is 0.320 e. The molecule has 9 heteroatoms. The van der Waals surface area contributed by atoms with Gasteiger partial charge in [-0.15, -0.1) is 0 Å². The normalized spacial score (nSPS) is 17.0. The van der Waals surface area contributed by atoms with Crippen LogP contribution in [0.5, 0.6) is 0 Å². The molecular formula is C18H28N2O6S. The van der Waals surface area contributed by atoms with Crippen LogP contribution in [0, 0.1) is 13.8 Å². The molecular weight excluding hydrogens is 372 g/mol. The molecule has 0 spiro atoms. The van der Waals surface area contributed by atoms with Gasteiger partial charge in [0.25, 0.3) is 0 Å². The van der Waals surface area contributed by atoms with Crippen molar-refractivity contribution in [3.05, 3.63) is 23.0 Å². The lowest BCUT2D eigenvalue weighted by molar-refractivity contribution is -0.143. The zero-order chi connectivity index (χ0) is 20.0. The van der Waals surface area contributed by atoms with Gasteiger partial charge in [0, 0.05) is 50.3 Å². The lowest BCUT2D eigenvalue weighted by Gasteiger charge is -2.25. The summed E-state index contributed by atoms with van der Waals surface area (Å²) in [4.78, 5) is 26.1. The minimum atomic E-state index is -2.99. The average molecular weight is 400 g/mol. The highest BCUT2D eigenvalue weighted by atomic mass is 32.2. The summed E-state index contributed by atoms with van der Waals surface area (Å²) >= 11 is 0. The Balaban J connectivity index is 1.84. The third kappa shape index (κ3) is 6.15. The Hall–Kier alpha value is -1.71. The van der Waals surface area contributed by atoms with Crippen LogP contribution in [0.1, 0.15) is 28.2 Å². The summed E-state index contributed by atoms with van der Waals surface area (Å²) in [5.74, 6) is -0.657. The molecule has 1 aromatic heterocycles. The van der Waals surface area contributed by atoms with E-state index in [1.807, 2.05) is 19.9 Å². The number of rotatable bonds is 9. The van der Waals surface area contributed by atoms with E-state index >= 15 is 0 Å². The van der Waals surface area contributed by atoms with Gasteiger partial charge in [-0.25, -0.2) is 8.42 Å². The molecule has 0 saturated carbocycles. The van der Waals surface area contributed by atoms with Crippen LogP contribution in [0.4, 0.5) is 0 Å². The molecule has 152 valence electrons. The monoisotopic (exact) mass is 400 g/mol. The number of ketones is 1. The zero-order valence-corrected chi connectivity index (χ0v) is 17.0. The molecule has 0 bridgehead atoms. The van der Waals surface area contributed by atoms with E-state index in [1.54, 1.807) is 12.0 Å². The molecule has 27 heavy (non-hydrogen) atoms. The largest absolute Gasteiger partial charge is 0.456 e. The van der Waals surface area contributed by atoms with Crippen molar-refractivity contribution in [3.63, 3.8) is 0 Å². The van der Waals surface area contributed by atoms with Gasteiger partial charge < -0.3 is 14.0 Å². The molecule has 1 fully saturated rings. The number of carbonyl (C=O) groups excluding carboxylic acids is 2. The second-order valence-corrected chi connectivity index (χ2v) is 9.10. The fourth-order valence-corrected chi connectivity index (χ4v) is 4.43. The van der Waals surface area contributed by atoms with E-state index < -0.39 is 15.8 Å². The van der Waals surface area contributed by atoms with Crippen LogP contribution in [0.3, 0.4) is 0 Å². The lowest BCUT2D eigenvalue weighted by atomic mass is 10.1. The van der Waals surface area contributed by atoms with Gasteiger partial charge in [-0.05, 0) is 26.3 Å². The number of nitrogens with zero attached hydrogens (tertiary/aromatic N) is 2. The first kappa shape index (κ1) is 21.6. The number of hydrogen-bond donors (Lipinski definition) is 0. The summed E-state index contributed by atoms with van der Waals surface area (Å²) < 4.78 is 35.0. The molecule has 1 saturated heterocycles. The molecule has 0 N–H and O–H groups in total. The zero-order valence-electron chi connectivity index (χ0n) is 16.2. The van der Waals surface area contributed by atoms with Gasteiger partial charge in [0.05, 0.1) is 18.1 Å². The first-order valence-corrected chi connectivity index (χ1v) is 10.8. The van der Waals surface area contributed by atoms with Crippen molar-refractivity contribution in [3.8, 4) is 0 Å². The molecule has 2 heterocycles. The van der Waals surface area contributed by atoms with E-state index in [0.717, 1.165) is 24.4 Å². The van der Waals surface area contributed by atoms with Crippen molar-refractivity contribution >= 4 is 21.6 Å². The van der Waals surface area contributed by atoms with Gasteiger partial charge in [0.1, 0.15) is 0 Å². The van der Waals surface area contributed by atoms with Crippen molar-refractivity contribution in [2.75, 3.05) is 51.5 Å². The lowest BCUT2D eigenvalue weighted by Crippen LogP contribution is -2.43. The minimum absolute atomic E-state index is 0.00115. The Morgan fingerprint density at radius 1 is 1.19 bits per heavy atom. The highest BCUT2D eigenvalue weighted by Gasteiger charge is 2.24. The molecule has 1 aliphatic rings. The number of Topliss-reactive ketones (excluding diaryl/α,β-unsaturated/α-hetero) is 1. The molecule has 1 aromatic rings. The fraction of sp³-hybridized carbons (Fsp3) is 0.667. The number of methoxy groups -OCH3 is 1. The first-order valence-electron chi connectivity index (χ1n) is 9.01. The highest BCUT2D eigenvalue weighted by Crippen LogP contribution is 2.16. The van der Waals surface area contributed by atoms with E-state index in [2.05, 4.69) is 4.57 Å². The second kappa shape index (κ2) is 9.48. The van der Waals surface area contributed by atoms with Crippen molar-refractivity contribution < 1.29 is 27.5 Å². The Labute approximate surface area is 160 Å². The molecule has 0 aromatic carbocycles. The molecule has 1 aliphatic heterocycles. The molecule has 0 radical (unpaired) electrons. The number of aromatic nitrogens is 1. The Morgan fingerprint density at radius 2 is 1.85 bits per heavy atom. The summed E-state index contributed by atoms with van der Waals surface area (Å²) in [5, 5.41) is 0. The van der Waals surface area contributed by atoms with Crippen LogP contribution in [0.25, 0.3) is 0 Å². The maximum atomic E-state index is 12.4. The predicted molar refractivity (Wildman–Crippen MR) is 101 cm³/mol. The quantitative estimate of drug-likeness (QED) is 0.340. The van der Waals surface area contributed by atoms with Crippen LogP contribution < -0.4 is 0 Å². The summed E-state index contributed by atoms with van der Waals surface area (Å²) in [5.41, 5.74) is 2.39. The molecule has 0 aliphatic carbocycles. The SMILES string of the molecule is COCCCn1c(C)cc(C(=O)COC(=O)CN2CCS(=O)(=O)CC2)c1C. The maximum absolute atomic E-state index is 12.4. The van der Waals surface area contributed by atoms with Crippen molar-refractivity contribution in [2.45, 2.75) is 26.8 Å². The standard InChI is InChI=1S/C18H28N2O6S/c1-14-11-16(15(2)20(14)5-4-8-25-3)17(21)13-26-18(22)12-19-6-9-27(23,24)10-7-19/h11H,4-10,12-13H2,1-3H3. The average Bonchev–Trinajstić information content (AvgIpc) is 2.90. The van der Waals surface area contributed by atoms with Gasteiger partial charge in [-0.1, -0.05) is 0 Å². The van der Waals surface area contributed by atoms with Crippen molar-refractivity contribution in [1.82, 2.24) is 9.47 Å². The number of aryl methyl sites for hydroxylation is 1. The van der Waals surface area contributed by atoms with Gasteiger partial charge in [0.2, 0.25) is 5.78 Å². The predicted octanol–water partition coefficient (Wildman–Crippen LogP) is 0.598. The summed E-state index contributed by atoms with van der Waals surface area (Å²) in [6.07, 6.45) is 0.848. The van der Waals surface area contributed by atoms with Gasteiger partial charge in [-0.3, -0.25) is 14.5 Å². The van der Waals surface area contributed by atoms with Gasteiger partial charge in [-0.2, -0.15) is 0 Å². The van der Waals surface area contributed by atoms with Gasteiger partial charge >= 0.3 is 5.97 Å². The molecule has 8 nitrogen and oxygen atoms in total. The molecule has 0 amide bonds. The van der Waals surface area contributed by atoms with E-state index in [9.17, 15) is 18.0 Å². The minimum Gasteiger partial charge on any atom is -0.456 e. The highest BCUT2D eigenvalue weighted by molar-refractivity contribution is 7.91. The van der Waals surface area contributed by atoms with Crippen LogP contribution >= 0.6 is 0 Å². The van der Waals surface area contributed by atoms with E-state index in [1.165, 1.54) is 0 Å². The molecule has 0 unspecified atom stereocenters. The molecule has 0 atom stereocenters. The van der Waals surface area contributed by atoms with E-state index in [0.29, 0.717) is 25.3 Å². The summed E-state index contributed by atoms with van der Waals surface area (Å²) in [7, 11) is -1.33. The maximum Gasteiger partial charge on any atom is 0.320 e. The first-order chi connectivity index (χ1) is 12.7. The van der Waals surface area contributed by atoms with E-state index in [4.69, 9.17) is 9.47 Å².